The van der Waals surface area contributed by atoms with Crippen LogP contribution < -0.4 is 10.5 Å². The zero-order valence-corrected chi connectivity index (χ0v) is 11.1. The molecule has 0 aliphatic rings. The summed E-state index contributed by atoms with van der Waals surface area (Å²) >= 11 is 7.42. The second-order valence-corrected chi connectivity index (χ2v) is 5.50. The molecular formula is C13H14ClNOS. The van der Waals surface area contributed by atoms with Crippen molar-refractivity contribution in [3.63, 3.8) is 0 Å². The van der Waals surface area contributed by atoms with Crippen LogP contribution in [0.3, 0.4) is 0 Å². The van der Waals surface area contributed by atoms with E-state index >= 15 is 0 Å². The van der Waals surface area contributed by atoms with E-state index in [2.05, 4.69) is 0 Å². The molecule has 0 bridgehead atoms. The fourth-order valence-electron chi connectivity index (χ4n) is 1.57. The maximum atomic E-state index is 5.92. The molecule has 0 amide bonds. The summed E-state index contributed by atoms with van der Waals surface area (Å²) in [6, 6.07) is 11.7. The monoisotopic (exact) mass is 267 g/mol. The van der Waals surface area contributed by atoms with Crippen LogP contribution in [0.5, 0.6) is 5.75 Å². The van der Waals surface area contributed by atoms with Gasteiger partial charge in [-0.1, -0.05) is 29.8 Å². The van der Waals surface area contributed by atoms with Crippen LogP contribution in [0.15, 0.2) is 36.4 Å². The van der Waals surface area contributed by atoms with Gasteiger partial charge in [0.05, 0.1) is 4.34 Å². The Kier molecular flexibility index (Phi) is 4.05. The molecule has 1 aromatic carbocycles. The van der Waals surface area contributed by atoms with Gasteiger partial charge in [-0.05, 0) is 30.7 Å². The highest BCUT2D eigenvalue weighted by Crippen LogP contribution is 2.30. The van der Waals surface area contributed by atoms with Crippen LogP contribution in [0.1, 0.15) is 16.5 Å². The fraction of sp³-hybridized carbons (Fsp3) is 0.231. The van der Waals surface area contributed by atoms with E-state index in [1.165, 1.54) is 11.3 Å². The maximum absolute atomic E-state index is 5.92. The third-order valence-corrected chi connectivity index (χ3v) is 3.81. The van der Waals surface area contributed by atoms with Crippen molar-refractivity contribution in [1.29, 1.82) is 0 Å². The molecule has 1 atom stereocenters. The van der Waals surface area contributed by atoms with E-state index in [0.717, 1.165) is 20.5 Å². The van der Waals surface area contributed by atoms with Crippen LogP contribution in [0.25, 0.3) is 0 Å². The Bertz CT molecular complexity index is 498. The number of ether oxygens (including phenoxy) is 1. The first-order valence-corrected chi connectivity index (χ1v) is 6.57. The number of aryl methyl sites for hydroxylation is 1. The molecule has 1 aromatic heterocycles. The van der Waals surface area contributed by atoms with Crippen molar-refractivity contribution < 1.29 is 4.74 Å². The summed E-state index contributed by atoms with van der Waals surface area (Å²) in [5.74, 6) is 0.868. The minimum atomic E-state index is -0.131. The van der Waals surface area contributed by atoms with Gasteiger partial charge >= 0.3 is 0 Å². The molecule has 2 rings (SSSR count). The Labute approximate surface area is 110 Å². The van der Waals surface area contributed by atoms with Crippen molar-refractivity contribution >= 4 is 22.9 Å². The predicted molar refractivity (Wildman–Crippen MR) is 72.9 cm³/mol. The lowest BCUT2D eigenvalue weighted by Crippen LogP contribution is -2.17. The van der Waals surface area contributed by atoms with Crippen LogP contribution in [0.2, 0.25) is 4.34 Å². The van der Waals surface area contributed by atoms with E-state index in [1.54, 1.807) is 0 Å². The largest absolute Gasteiger partial charge is 0.483 e. The molecule has 1 heterocycles. The zero-order chi connectivity index (χ0) is 12.3. The minimum Gasteiger partial charge on any atom is -0.483 e. The minimum absolute atomic E-state index is 0.131. The van der Waals surface area contributed by atoms with E-state index in [0.29, 0.717) is 6.54 Å². The summed E-state index contributed by atoms with van der Waals surface area (Å²) in [7, 11) is 0. The maximum Gasteiger partial charge on any atom is 0.145 e. The van der Waals surface area contributed by atoms with Crippen LogP contribution in [-0.4, -0.2) is 6.54 Å². The number of hydrogen-bond acceptors (Lipinski definition) is 3. The van der Waals surface area contributed by atoms with Crippen molar-refractivity contribution in [3.8, 4) is 5.75 Å². The second kappa shape index (κ2) is 5.54. The molecule has 0 aliphatic carbocycles. The van der Waals surface area contributed by atoms with Crippen LogP contribution in [0, 0.1) is 6.92 Å². The van der Waals surface area contributed by atoms with Gasteiger partial charge in [0.2, 0.25) is 0 Å². The normalized spacial score (nSPS) is 12.4. The number of thiophene rings is 1. The number of hydrogen-bond donors (Lipinski definition) is 1. The lowest BCUT2D eigenvalue weighted by Gasteiger charge is -2.17. The molecule has 1 unspecified atom stereocenters. The molecule has 0 radical (unpaired) electrons. The van der Waals surface area contributed by atoms with E-state index < -0.39 is 0 Å². The van der Waals surface area contributed by atoms with Crippen molar-refractivity contribution in [2.45, 2.75) is 13.0 Å². The highest BCUT2D eigenvalue weighted by atomic mass is 35.5. The average molecular weight is 268 g/mol. The summed E-state index contributed by atoms with van der Waals surface area (Å²) in [4.78, 5) is 1.06. The van der Waals surface area contributed by atoms with Gasteiger partial charge in [-0.3, -0.25) is 0 Å². The van der Waals surface area contributed by atoms with Gasteiger partial charge in [0.1, 0.15) is 11.9 Å². The summed E-state index contributed by atoms with van der Waals surface area (Å²) < 4.78 is 6.68. The molecule has 0 spiro atoms. The molecule has 0 fully saturated rings. The van der Waals surface area contributed by atoms with E-state index in [4.69, 9.17) is 22.1 Å². The number of nitrogens with two attached hydrogens (primary N) is 1. The van der Waals surface area contributed by atoms with Crippen molar-refractivity contribution in [3.05, 3.63) is 51.2 Å². The van der Waals surface area contributed by atoms with Crippen molar-refractivity contribution in [1.82, 2.24) is 0 Å². The smallest absolute Gasteiger partial charge is 0.145 e. The number of benzene rings is 1. The Hall–Kier alpha value is -1.03. The van der Waals surface area contributed by atoms with Gasteiger partial charge in [0.25, 0.3) is 0 Å². The first kappa shape index (κ1) is 12.4. The molecule has 0 saturated carbocycles. The molecule has 0 saturated heterocycles. The average Bonchev–Trinajstić information content (AvgIpc) is 2.75. The van der Waals surface area contributed by atoms with Gasteiger partial charge in [0, 0.05) is 11.4 Å². The summed E-state index contributed by atoms with van der Waals surface area (Å²) in [6.07, 6.45) is -0.131. The van der Waals surface area contributed by atoms with E-state index in [-0.39, 0.29) is 6.10 Å². The van der Waals surface area contributed by atoms with E-state index in [1.807, 2.05) is 43.3 Å². The first-order valence-electron chi connectivity index (χ1n) is 5.38. The van der Waals surface area contributed by atoms with Crippen LogP contribution in [0.4, 0.5) is 0 Å². The Morgan fingerprint density at radius 1 is 1.29 bits per heavy atom. The van der Waals surface area contributed by atoms with Gasteiger partial charge < -0.3 is 10.5 Å². The van der Waals surface area contributed by atoms with Crippen molar-refractivity contribution in [2.24, 2.45) is 5.73 Å². The quantitative estimate of drug-likeness (QED) is 0.915. The fourth-order valence-corrected chi connectivity index (χ4v) is 2.67. The molecule has 2 nitrogen and oxygen atoms in total. The second-order valence-electron chi connectivity index (χ2n) is 3.75. The number of para-hydroxylation sites is 1. The SMILES string of the molecule is Cc1ccccc1OC(CN)c1ccc(Cl)s1. The molecule has 0 aliphatic heterocycles. The van der Waals surface area contributed by atoms with Crippen LogP contribution >= 0.6 is 22.9 Å². The van der Waals surface area contributed by atoms with E-state index in [9.17, 15) is 0 Å². The highest BCUT2D eigenvalue weighted by Gasteiger charge is 2.14. The zero-order valence-electron chi connectivity index (χ0n) is 9.52. The topological polar surface area (TPSA) is 35.2 Å². The Morgan fingerprint density at radius 3 is 2.65 bits per heavy atom. The summed E-state index contributed by atoms with van der Waals surface area (Å²) in [5.41, 5.74) is 6.86. The lowest BCUT2D eigenvalue weighted by atomic mass is 10.2. The predicted octanol–water partition coefficient (Wildman–Crippen LogP) is 3.79. The number of rotatable bonds is 4. The molecule has 2 N–H and O–H groups in total. The highest BCUT2D eigenvalue weighted by molar-refractivity contribution is 7.16. The Balaban J connectivity index is 2.18. The lowest BCUT2D eigenvalue weighted by molar-refractivity contribution is 0.216. The molecule has 4 heteroatoms. The molecule has 2 aromatic rings. The summed E-state index contributed by atoms with van der Waals surface area (Å²) in [6.45, 7) is 2.45. The molecular weight excluding hydrogens is 254 g/mol. The van der Waals surface area contributed by atoms with Gasteiger partial charge in [-0.15, -0.1) is 11.3 Å². The van der Waals surface area contributed by atoms with Crippen LogP contribution in [-0.2, 0) is 0 Å². The Morgan fingerprint density at radius 2 is 2.06 bits per heavy atom. The van der Waals surface area contributed by atoms with Crippen molar-refractivity contribution in [2.75, 3.05) is 6.54 Å². The molecule has 17 heavy (non-hydrogen) atoms. The number of halogens is 1. The summed E-state index contributed by atoms with van der Waals surface area (Å²) in [5, 5.41) is 0. The third-order valence-electron chi connectivity index (χ3n) is 2.49. The standard InChI is InChI=1S/C13H14ClNOS/c1-9-4-2-3-5-10(9)16-11(8-15)12-6-7-13(14)17-12/h2-7,11H,8,15H2,1H3. The first-order chi connectivity index (χ1) is 8.20. The molecule has 90 valence electrons. The van der Waals surface area contributed by atoms with Gasteiger partial charge in [-0.25, -0.2) is 0 Å². The third kappa shape index (κ3) is 3.00. The van der Waals surface area contributed by atoms with Gasteiger partial charge in [0.15, 0.2) is 0 Å². The van der Waals surface area contributed by atoms with Gasteiger partial charge in [-0.2, -0.15) is 0 Å².